The molecule has 18 heavy (non-hydrogen) atoms. The highest BCUT2D eigenvalue weighted by Crippen LogP contribution is 2.39. The first-order chi connectivity index (χ1) is 8.48. The van der Waals surface area contributed by atoms with E-state index < -0.39 is 11.7 Å². The van der Waals surface area contributed by atoms with E-state index in [2.05, 4.69) is 10.3 Å². The summed E-state index contributed by atoms with van der Waals surface area (Å²) in [4.78, 5) is 4.13. The quantitative estimate of drug-likeness (QED) is 0.837. The molecular weight excluding hydrogens is 285 g/mol. The summed E-state index contributed by atoms with van der Waals surface area (Å²) in [7, 11) is 0. The van der Waals surface area contributed by atoms with Crippen LogP contribution in [0.3, 0.4) is 0 Å². The molecule has 2 nitrogen and oxygen atoms in total. The Kier molecular flexibility index (Phi) is 4.07. The van der Waals surface area contributed by atoms with E-state index in [-0.39, 0.29) is 10.7 Å². The van der Waals surface area contributed by atoms with Gasteiger partial charge in [-0.15, -0.1) is 0 Å². The van der Waals surface area contributed by atoms with Crippen LogP contribution in [0.2, 0.25) is 5.02 Å². The topological polar surface area (TPSA) is 24.4 Å². The summed E-state index contributed by atoms with van der Waals surface area (Å²) in [6.45, 7) is 0.626. The molecule has 0 bridgehead atoms. The van der Waals surface area contributed by atoms with Crippen molar-refractivity contribution in [1.82, 2.24) is 0 Å². The molecule has 1 aromatic rings. The molecule has 0 spiro atoms. The second kappa shape index (κ2) is 5.40. The molecule has 0 radical (unpaired) electrons. The Morgan fingerprint density at radius 3 is 2.72 bits per heavy atom. The second-order valence-electron chi connectivity index (χ2n) is 3.67. The number of aliphatic imine (C=N–C) groups is 1. The van der Waals surface area contributed by atoms with Crippen molar-refractivity contribution < 1.29 is 13.2 Å². The van der Waals surface area contributed by atoms with Crippen LogP contribution in [0.25, 0.3) is 0 Å². The lowest BCUT2D eigenvalue weighted by molar-refractivity contribution is -0.136. The van der Waals surface area contributed by atoms with Gasteiger partial charge in [0, 0.05) is 12.3 Å². The Bertz CT molecular complexity index is 474. The zero-order valence-corrected chi connectivity index (χ0v) is 10.8. The van der Waals surface area contributed by atoms with Crippen molar-refractivity contribution in [2.24, 2.45) is 4.99 Å². The number of anilines is 1. The van der Waals surface area contributed by atoms with E-state index in [1.54, 1.807) is 0 Å². The lowest BCUT2D eigenvalue weighted by atomic mass is 10.1. The fourth-order valence-corrected chi connectivity index (χ4v) is 2.57. The van der Waals surface area contributed by atoms with Crippen LogP contribution in [0.15, 0.2) is 23.2 Å². The molecule has 0 saturated carbocycles. The van der Waals surface area contributed by atoms with E-state index in [4.69, 9.17) is 11.6 Å². The molecule has 2 rings (SSSR count). The number of thioether (sulfide) groups is 1. The highest BCUT2D eigenvalue weighted by molar-refractivity contribution is 8.14. The van der Waals surface area contributed by atoms with Gasteiger partial charge in [0.05, 0.1) is 16.3 Å². The number of nitrogens with one attached hydrogen (secondary N) is 1. The van der Waals surface area contributed by atoms with Crippen LogP contribution in [0, 0.1) is 0 Å². The maximum absolute atomic E-state index is 12.8. The lowest BCUT2D eigenvalue weighted by Crippen LogP contribution is -2.17. The average molecular weight is 295 g/mol. The predicted octanol–water partition coefficient (Wildman–Crippen LogP) is 4.26. The first kappa shape index (κ1) is 13.5. The number of hydrogen-bond acceptors (Lipinski definition) is 3. The van der Waals surface area contributed by atoms with E-state index in [0.29, 0.717) is 11.7 Å². The van der Waals surface area contributed by atoms with Crippen LogP contribution < -0.4 is 5.32 Å². The zero-order valence-electron chi connectivity index (χ0n) is 9.22. The number of rotatable bonds is 1. The summed E-state index contributed by atoms with van der Waals surface area (Å²) in [6, 6.07) is 3.71. The number of alkyl halides is 3. The van der Waals surface area contributed by atoms with E-state index >= 15 is 0 Å². The molecule has 98 valence electrons. The van der Waals surface area contributed by atoms with Gasteiger partial charge in [-0.3, -0.25) is 4.99 Å². The molecule has 0 fully saturated rings. The average Bonchev–Trinajstić information content (AvgIpc) is 2.32. The first-order valence-corrected chi connectivity index (χ1v) is 6.65. The standard InChI is InChI=1S/C11H10ClF3N2S/c12-8-4-1-3-7(11(13,14)15)9(8)17-10-16-5-2-6-18-10/h1,3-4H,2,5-6H2,(H,16,17). The van der Waals surface area contributed by atoms with Crippen LogP contribution >= 0.6 is 23.4 Å². The van der Waals surface area contributed by atoms with Gasteiger partial charge < -0.3 is 5.32 Å². The Hall–Kier alpha value is -0.880. The van der Waals surface area contributed by atoms with Gasteiger partial charge in [-0.25, -0.2) is 0 Å². The fourth-order valence-electron chi connectivity index (χ4n) is 1.53. The Morgan fingerprint density at radius 1 is 1.33 bits per heavy atom. The van der Waals surface area contributed by atoms with Gasteiger partial charge in [0.2, 0.25) is 0 Å². The van der Waals surface area contributed by atoms with Crippen molar-refractivity contribution in [3.8, 4) is 0 Å². The molecule has 0 amide bonds. The summed E-state index contributed by atoms with van der Waals surface area (Å²) in [5.41, 5.74) is -0.899. The normalized spacial score (nSPS) is 16.3. The van der Waals surface area contributed by atoms with E-state index in [0.717, 1.165) is 18.2 Å². The maximum Gasteiger partial charge on any atom is 0.418 e. The molecule has 7 heteroatoms. The van der Waals surface area contributed by atoms with Crippen molar-refractivity contribution >= 4 is 34.2 Å². The van der Waals surface area contributed by atoms with Crippen LogP contribution in [0.4, 0.5) is 18.9 Å². The molecule has 0 atom stereocenters. The van der Waals surface area contributed by atoms with E-state index in [9.17, 15) is 13.2 Å². The molecule has 1 heterocycles. The largest absolute Gasteiger partial charge is 0.418 e. The minimum atomic E-state index is -4.44. The Balaban J connectivity index is 2.34. The number of nitrogens with zero attached hydrogens (tertiary/aromatic N) is 1. The van der Waals surface area contributed by atoms with Gasteiger partial charge in [-0.2, -0.15) is 13.2 Å². The van der Waals surface area contributed by atoms with Crippen LogP contribution in [-0.2, 0) is 6.18 Å². The highest BCUT2D eigenvalue weighted by atomic mass is 35.5. The maximum atomic E-state index is 12.8. The van der Waals surface area contributed by atoms with E-state index in [1.165, 1.54) is 23.9 Å². The lowest BCUT2D eigenvalue weighted by Gasteiger charge is -2.18. The third-order valence-corrected chi connectivity index (χ3v) is 3.66. The smallest absolute Gasteiger partial charge is 0.333 e. The number of benzene rings is 1. The first-order valence-electron chi connectivity index (χ1n) is 5.28. The second-order valence-corrected chi connectivity index (χ2v) is 5.16. The van der Waals surface area contributed by atoms with Gasteiger partial charge in [0.25, 0.3) is 0 Å². The number of amidine groups is 1. The monoisotopic (exact) mass is 294 g/mol. The number of para-hydroxylation sites is 1. The minimum Gasteiger partial charge on any atom is -0.333 e. The highest BCUT2D eigenvalue weighted by Gasteiger charge is 2.34. The van der Waals surface area contributed by atoms with Crippen molar-refractivity contribution in [3.05, 3.63) is 28.8 Å². The van der Waals surface area contributed by atoms with Gasteiger partial charge in [0.1, 0.15) is 0 Å². The third kappa shape index (κ3) is 3.11. The predicted molar refractivity (Wildman–Crippen MR) is 69.5 cm³/mol. The van der Waals surface area contributed by atoms with Gasteiger partial charge in [0.15, 0.2) is 5.17 Å². The molecule has 0 saturated heterocycles. The van der Waals surface area contributed by atoms with Crippen molar-refractivity contribution in [3.63, 3.8) is 0 Å². The summed E-state index contributed by atoms with van der Waals surface area (Å²) in [6.07, 6.45) is -3.50. The van der Waals surface area contributed by atoms with Crippen LogP contribution in [-0.4, -0.2) is 17.5 Å². The molecule has 0 aliphatic carbocycles. The molecule has 1 aliphatic heterocycles. The van der Waals surface area contributed by atoms with Crippen molar-refractivity contribution in [1.29, 1.82) is 0 Å². The Morgan fingerprint density at radius 2 is 2.11 bits per heavy atom. The van der Waals surface area contributed by atoms with E-state index in [1.807, 2.05) is 0 Å². The minimum absolute atomic E-state index is 0.0405. The zero-order chi connectivity index (χ0) is 13.2. The molecule has 1 N–H and O–H groups in total. The van der Waals surface area contributed by atoms with Crippen LogP contribution in [0.5, 0.6) is 0 Å². The number of hydrogen-bond donors (Lipinski definition) is 1. The van der Waals surface area contributed by atoms with Gasteiger partial charge in [-0.1, -0.05) is 29.4 Å². The molecule has 1 aromatic carbocycles. The van der Waals surface area contributed by atoms with Crippen molar-refractivity contribution in [2.75, 3.05) is 17.6 Å². The summed E-state index contributed by atoms with van der Waals surface area (Å²) in [5.74, 6) is 0.845. The molecule has 0 aromatic heterocycles. The summed E-state index contributed by atoms with van der Waals surface area (Å²) >= 11 is 7.23. The third-order valence-electron chi connectivity index (χ3n) is 2.35. The number of halogens is 4. The van der Waals surface area contributed by atoms with Crippen LogP contribution in [0.1, 0.15) is 12.0 Å². The summed E-state index contributed by atoms with van der Waals surface area (Å²) in [5, 5.41) is 3.21. The van der Waals surface area contributed by atoms with Gasteiger partial charge >= 0.3 is 6.18 Å². The summed E-state index contributed by atoms with van der Waals surface area (Å²) < 4.78 is 38.5. The molecule has 0 unspecified atom stereocenters. The SMILES string of the molecule is FC(F)(F)c1cccc(Cl)c1NC1=NCCCS1. The Labute approximate surface area is 112 Å². The van der Waals surface area contributed by atoms with Gasteiger partial charge in [-0.05, 0) is 18.6 Å². The molecular formula is C11H10ClF3N2S. The van der Waals surface area contributed by atoms with Crippen molar-refractivity contribution in [2.45, 2.75) is 12.6 Å². The fraction of sp³-hybridized carbons (Fsp3) is 0.364. The molecule has 1 aliphatic rings.